The number of nitrogens with zero attached hydrogens (tertiary/aromatic N) is 3. The largest absolute Gasteiger partial charge is 0.336 e. The molecule has 0 bridgehead atoms. The summed E-state index contributed by atoms with van der Waals surface area (Å²) >= 11 is 1.40. The Morgan fingerprint density at radius 3 is 2.81 bits per heavy atom. The molecule has 0 unspecified atom stereocenters. The number of halogens is 1. The maximum atomic E-state index is 13.7. The minimum Gasteiger partial charge on any atom is -0.336 e. The van der Waals surface area contributed by atoms with Crippen molar-refractivity contribution in [1.82, 2.24) is 9.88 Å². The zero-order valence-electron chi connectivity index (χ0n) is 11.4. The molecule has 8 heteroatoms. The highest BCUT2D eigenvalue weighted by Crippen LogP contribution is 2.20. The fraction of sp³-hybridized carbons (Fsp3) is 0.231. The number of thiazole rings is 1. The van der Waals surface area contributed by atoms with Crippen LogP contribution in [0.4, 0.5) is 10.1 Å². The average molecular weight is 309 g/mol. The van der Waals surface area contributed by atoms with E-state index in [0.29, 0.717) is 0 Å². The molecule has 0 aliphatic heterocycles. The van der Waals surface area contributed by atoms with E-state index < -0.39 is 16.6 Å². The van der Waals surface area contributed by atoms with Gasteiger partial charge in [-0.1, -0.05) is 0 Å². The molecule has 0 spiro atoms. The molecule has 6 nitrogen and oxygen atoms in total. The van der Waals surface area contributed by atoms with Crippen LogP contribution in [0.15, 0.2) is 23.7 Å². The topological polar surface area (TPSA) is 76.3 Å². The summed E-state index contributed by atoms with van der Waals surface area (Å²) in [4.78, 5) is 28.5. The standard InChI is InChI=1S/C13H12FN3O3S/c1-8-12(21-7-15-8)6-16(2)13(18)10-5-9(17(19)20)3-4-11(10)14/h3-5,7H,6H2,1-2H3. The van der Waals surface area contributed by atoms with Crippen molar-refractivity contribution in [3.8, 4) is 0 Å². The van der Waals surface area contributed by atoms with Crippen molar-refractivity contribution in [1.29, 1.82) is 0 Å². The molecule has 2 rings (SSSR count). The van der Waals surface area contributed by atoms with Crippen LogP contribution in [0, 0.1) is 22.9 Å². The summed E-state index contributed by atoms with van der Waals surface area (Å²) in [5, 5.41) is 10.7. The van der Waals surface area contributed by atoms with Crippen molar-refractivity contribution < 1.29 is 14.1 Å². The smallest absolute Gasteiger partial charge is 0.270 e. The first kappa shape index (κ1) is 15.0. The van der Waals surface area contributed by atoms with Gasteiger partial charge in [0, 0.05) is 24.1 Å². The second-order valence-electron chi connectivity index (χ2n) is 4.44. The first-order valence-electron chi connectivity index (χ1n) is 5.98. The number of amides is 1. The Balaban J connectivity index is 2.25. The normalized spacial score (nSPS) is 10.4. The lowest BCUT2D eigenvalue weighted by atomic mass is 10.1. The van der Waals surface area contributed by atoms with Gasteiger partial charge < -0.3 is 4.90 Å². The summed E-state index contributed by atoms with van der Waals surface area (Å²) < 4.78 is 13.7. The number of non-ortho nitro benzene ring substituents is 1. The van der Waals surface area contributed by atoms with Crippen LogP contribution in [-0.2, 0) is 6.54 Å². The third-order valence-electron chi connectivity index (χ3n) is 2.96. The number of aromatic nitrogens is 1. The lowest BCUT2D eigenvalue weighted by Gasteiger charge is -2.16. The van der Waals surface area contributed by atoms with Crippen LogP contribution in [0.2, 0.25) is 0 Å². The third-order valence-corrected chi connectivity index (χ3v) is 3.88. The molecule has 0 radical (unpaired) electrons. The second kappa shape index (κ2) is 5.96. The number of rotatable bonds is 4. The fourth-order valence-corrected chi connectivity index (χ4v) is 2.59. The maximum Gasteiger partial charge on any atom is 0.270 e. The van der Waals surface area contributed by atoms with Crippen molar-refractivity contribution in [2.24, 2.45) is 0 Å². The van der Waals surface area contributed by atoms with Gasteiger partial charge in [0.1, 0.15) is 5.82 Å². The van der Waals surface area contributed by atoms with E-state index in [1.54, 1.807) is 5.51 Å². The molecule has 21 heavy (non-hydrogen) atoms. The Hall–Kier alpha value is -2.35. The van der Waals surface area contributed by atoms with E-state index in [4.69, 9.17) is 0 Å². The predicted octanol–water partition coefficient (Wildman–Crippen LogP) is 2.77. The quantitative estimate of drug-likeness (QED) is 0.643. The molecule has 1 heterocycles. The lowest BCUT2D eigenvalue weighted by Crippen LogP contribution is -2.27. The van der Waals surface area contributed by atoms with E-state index in [1.807, 2.05) is 6.92 Å². The fourth-order valence-electron chi connectivity index (χ4n) is 1.76. The van der Waals surface area contributed by atoms with E-state index in [-0.39, 0.29) is 17.8 Å². The summed E-state index contributed by atoms with van der Waals surface area (Å²) in [5.74, 6) is -1.39. The number of nitro groups is 1. The molecule has 0 saturated heterocycles. The number of hydrogen-bond donors (Lipinski definition) is 0. The number of benzene rings is 1. The van der Waals surface area contributed by atoms with Gasteiger partial charge in [-0.3, -0.25) is 14.9 Å². The Morgan fingerprint density at radius 2 is 2.24 bits per heavy atom. The highest BCUT2D eigenvalue weighted by molar-refractivity contribution is 7.09. The zero-order chi connectivity index (χ0) is 15.6. The van der Waals surface area contributed by atoms with Gasteiger partial charge in [-0.25, -0.2) is 9.37 Å². The van der Waals surface area contributed by atoms with Gasteiger partial charge in [-0.05, 0) is 13.0 Å². The molecule has 0 fully saturated rings. The Labute approximate surface area is 124 Å². The number of carbonyl (C=O) groups is 1. The molecular formula is C13H12FN3O3S. The van der Waals surface area contributed by atoms with E-state index >= 15 is 0 Å². The molecule has 0 atom stereocenters. The highest BCUT2D eigenvalue weighted by atomic mass is 32.1. The highest BCUT2D eigenvalue weighted by Gasteiger charge is 2.20. The summed E-state index contributed by atoms with van der Waals surface area (Å²) in [6.07, 6.45) is 0. The minimum atomic E-state index is -0.779. The number of aryl methyl sites for hydroxylation is 1. The van der Waals surface area contributed by atoms with Gasteiger partial charge in [0.2, 0.25) is 0 Å². The number of carbonyl (C=O) groups excluding carboxylic acids is 1. The van der Waals surface area contributed by atoms with Crippen LogP contribution in [-0.4, -0.2) is 27.8 Å². The first-order valence-corrected chi connectivity index (χ1v) is 6.86. The van der Waals surface area contributed by atoms with Gasteiger partial charge in [0.15, 0.2) is 0 Å². The van der Waals surface area contributed by atoms with Crippen LogP contribution in [0.25, 0.3) is 0 Å². The zero-order valence-corrected chi connectivity index (χ0v) is 12.2. The Bertz CT molecular complexity index is 702. The molecule has 0 N–H and O–H groups in total. The van der Waals surface area contributed by atoms with Crippen molar-refractivity contribution in [2.45, 2.75) is 13.5 Å². The Kier molecular flexibility index (Phi) is 4.27. The molecule has 0 aliphatic rings. The van der Waals surface area contributed by atoms with Crippen LogP contribution < -0.4 is 0 Å². The van der Waals surface area contributed by atoms with Gasteiger partial charge in [-0.2, -0.15) is 0 Å². The molecule has 1 aromatic heterocycles. The summed E-state index contributed by atoms with van der Waals surface area (Å²) in [5.41, 5.74) is 1.84. The molecule has 2 aromatic rings. The molecule has 110 valence electrons. The van der Waals surface area contributed by atoms with E-state index in [0.717, 1.165) is 28.8 Å². The van der Waals surface area contributed by atoms with Crippen LogP contribution in [0.1, 0.15) is 20.9 Å². The summed E-state index contributed by atoms with van der Waals surface area (Å²) in [7, 11) is 1.51. The van der Waals surface area contributed by atoms with Crippen LogP contribution in [0.3, 0.4) is 0 Å². The number of hydrogen-bond acceptors (Lipinski definition) is 5. The predicted molar refractivity (Wildman–Crippen MR) is 75.7 cm³/mol. The molecule has 1 aromatic carbocycles. The maximum absolute atomic E-state index is 13.7. The summed E-state index contributed by atoms with van der Waals surface area (Å²) in [6, 6.07) is 2.91. The molecule has 1 amide bonds. The van der Waals surface area contributed by atoms with Crippen LogP contribution in [0.5, 0.6) is 0 Å². The van der Waals surface area contributed by atoms with Crippen molar-refractivity contribution in [3.63, 3.8) is 0 Å². The van der Waals surface area contributed by atoms with Crippen LogP contribution >= 0.6 is 11.3 Å². The first-order chi connectivity index (χ1) is 9.90. The van der Waals surface area contributed by atoms with E-state index in [2.05, 4.69) is 4.98 Å². The van der Waals surface area contributed by atoms with E-state index in [9.17, 15) is 19.3 Å². The van der Waals surface area contributed by atoms with Gasteiger partial charge in [-0.15, -0.1) is 11.3 Å². The number of nitro benzene ring substituents is 1. The Morgan fingerprint density at radius 1 is 1.52 bits per heavy atom. The summed E-state index contributed by atoms with van der Waals surface area (Å²) in [6.45, 7) is 2.09. The second-order valence-corrected chi connectivity index (χ2v) is 5.38. The van der Waals surface area contributed by atoms with Crippen molar-refractivity contribution >= 4 is 22.9 Å². The monoisotopic (exact) mass is 309 g/mol. The average Bonchev–Trinajstić information content (AvgIpc) is 2.83. The molecular weight excluding hydrogens is 297 g/mol. The molecule has 0 saturated carbocycles. The van der Waals surface area contributed by atoms with Crippen molar-refractivity contribution in [3.05, 3.63) is 55.8 Å². The van der Waals surface area contributed by atoms with E-state index in [1.165, 1.54) is 23.3 Å². The minimum absolute atomic E-state index is 0.275. The lowest BCUT2D eigenvalue weighted by molar-refractivity contribution is -0.384. The SMILES string of the molecule is Cc1ncsc1CN(C)C(=O)c1cc([N+](=O)[O-])ccc1F. The van der Waals surface area contributed by atoms with Gasteiger partial charge in [0.05, 0.1) is 28.2 Å². The van der Waals surface area contributed by atoms with Gasteiger partial charge >= 0.3 is 0 Å². The molecule has 0 aliphatic carbocycles. The third kappa shape index (κ3) is 3.22. The van der Waals surface area contributed by atoms with Crippen molar-refractivity contribution in [2.75, 3.05) is 7.05 Å². The van der Waals surface area contributed by atoms with Gasteiger partial charge in [0.25, 0.3) is 11.6 Å².